The lowest BCUT2D eigenvalue weighted by atomic mass is 9.72. The van der Waals surface area contributed by atoms with Crippen LogP contribution in [0.5, 0.6) is 0 Å². The summed E-state index contributed by atoms with van der Waals surface area (Å²) in [5.41, 5.74) is 1.01. The van der Waals surface area contributed by atoms with E-state index >= 15 is 8.78 Å². The van der Waals surface area contributed by atoms with Crippen LogP contribution in [-0.2, 0) is 12.8 Å². The molecule has 13 heteroatoms. The lowest BCUT2D eigenvalue weighted by Crippen LogP contribution is -2.54. The topological polar surface area (TPSA) is 72.1 Å². The Morgan fingerprint density at radius 2 is 1.82 bits per heavy atom. The van der Waals surface area contributed by atoms with Gasteiger partial charge in [-0.25, -0.2) is 8.78 Å². The Hall–Kier alpha value is -2.48. The molecule has 3 N–H and O–H groups in total. The van der Waals surface area contributed by atoms with Gasteiger partial charge in [-0.2, -0.15) is 13.2 Å². The summed E-state index contributed by atoms with van der Waals surface area (Å²) in [6.45, 7) is 1.52. The molecule has 2 aromatic rings. The van der Waals surface area contributed by atoms with E-state index < -0.39 is 55.8 Å². The molecule has 1 aromatic carbocycles. The SMILES string of the molecule is CC1Cc2c(oc3c2C=C(B(O)O)CC3)C(c2c(F)cc(NC3CN(CCCF)C3)cc2F)N1CC(F)(F)F. The zero-order chi connectivity index (χ0) is 28.1. The molecule has 0 radical (unpaired) electrons. The van der Waals surface area contributed by atoms with E-state index in [1.54, 1.807) is 13.0 Å². The zero-order valence-corrected chi connectivity index (χ0v) is 21.4. The summed E-state index contributed by atoms with van der Waals surface area (Å²) in [4.78, 5) is 3.01. The molecular weight excluding hydrogens is 527 g/mol. The second-order valence-corrected chi connectivity index (χ2v) is 10.6. The van der Waals surface area contributed by atoms with Crippen molar-refractivity contribution in [3.8, 4) is 0 Å². The fourth-order valence-corrected chi connectivity index (χ4v) is 5.91. The van der Waals surface area contributed by atoms with Crippen LogP contribution in [0, 0.1) is 11.6 Å². The minimum Gasteiger partial charge on any atom is -0.463 e. The van der Waals surface area contributed by atoms with Crippen LogP contribution in [-0.4, -0.2) is 78.1 Å². The zero-order valence-electron chi connectivity index (χ0n) is 21.4. The minimum absolute atomic E-state index is 0.0355. The molecule has 3 aliphatic rings. The number of fused-ring (bicyclic) bond motifs is 3. The number of hydrogen-bond acceptors (Lipinski definition) is 6. The number of nitrogens with zero attached hydrogens (tertiary/aromatic N) is 2. The number of hydrogen-bond donors (Lipinski definition) is 3. The molecule has 1 fully saturated rings. The molecule has 39 heavy (non-hydrogen) atoms. The lowest BCUT2D eigenvalue weighted by molar-refractivity contribution is -0.156. The molecular formula is C26H30BF6N3O3. The lowest BCUT2D eigenvalue weighted by Gasteiger charge is -2.41. The van der Waals surface area contributed by atoms with Gasteiger partial charge in [-0.05, 0) is 43.8 Å². The number of halogens is 6. The first-order valence-corrected chi connectivity index (χ1v) is 13.0. The van der Waals surface area contributed by atoms with Crippen molar-refractivity contribution in [3.63, 3.8) is 0 Å². The Labute approximate surface area is 222 Å². The summed E-state index contributed by atoms with van der Waals surface area (Å²) in [5, 5.41) is 22.3. The van der Waals surface area contributed by atoms with Gasteiger partial charge in [-0.1, -0.05) is 6.08 Å². The summed E-state index contributed by atoms with van der Waals surface area (Å²) in [6, 6.07) is -0.143. The number of aryl methyl sites for hydroxylation is 1. The highest BCUT2D eigenvalue weighted by atomic mass is 19.4. The van der Waals surface area contributed by atoms with E-state index in [9.17, 15) is 27.6 Å². The maximum Gasteiger partial charge on any atom is 0.484 e. The predicted molar refractivity (Wildman–Crippen MR) is 134 cm³/mol. The Balaban J connectivity index is 1.50. The molecule has 2 atom stereocenters. The number of nitrogens with one attached hydrogen (secondary N) is 1. The van der Waals surface area contributed by atoms with Gasteiger partial charge in [0, 0.05) is 54.5 Å². The fraction of sp³-hybridized carbons (Fsp3) is 0.538. The average Bonchev–Trinajstić information content (AvgIpc) is 3.18. The van der Waals surface area contributed by atoms with Crippen LogP contribution < -0.4 is 5.32 Å². The number of anilines is 1. The van der Waals surface area contributed by atoms with Crippen LogP contribution in [0.25, 0.3) is 6.08 Å². The fourth-order valence-electron chi connectivity index (χ4n) is 5.91. The molecule has 1 aliphatic carbocycles. The number of allylic oxidation sites excluding steroid dienone is 1. The van der Waals surface area contributed by atoms with Crippen molar-refractivity contribution in [2.24, 2.45) is 0 Å². The van der Waals surface area contributed by atoms with Gasteiger partial charge < -0.3 is 19.8 Å². The van der Waals surface area contributed by atoms with Gasteiger partial charge in [0.05, 0.1) is 19.3 Å². The second-order valence-electron chi connectivity index (χ2n) is 10.6. The summed E-state index contributed by atoms with van der Waals surface area (Å²) >= 11 is 0. The number of likely N-dealkylation sites (tertiary alicyclic amines) is 1. The highest BCUT2D eigenvalue weighted by Crippen LogP contribution is 2.46. The molecule has 6 nitrogen and oxygen atoms in total. The van der Waals surface area contributed by atoms with Crippen LogP contribution in [0.3, 0.4) is 0 Å². The van der Waals surface area contributed by atoms with Gasteiger partial charge in [-0.15, -0.1) is 0 Å². The summed E-state index contributed by atoms with van der Waals surface area (Å²) < 4.78 is 90.6. The van der Waals surface area contributed by atoms with Gasteiger partial charge in [0.2, 0.25) is 0 Å². The van der Waals surface area contributed by atoms with E-state index in [0.717, 1.165) is 17.0 Å². The van der Waals surface area contributed by atoms with Crippen molar-refractivity contribution in [3.05, 3.63) is 57.5 Å². The molecule has 0 bridgehead atoms. The molecule has 1 saturated heterocycles. The first-order chi connectivity index (χ1) is 18.4. The van der Waals surface area contributed by atoms with E-state index in [1.165, 1.54) is 0 Å². The summed E-state index contributed by atoms with van der Waals surface area (Å²) in [5.74, 6) is -1.52. The van der Waals surface area contributed by atoms with Crippen molar-refractivity contribution >= 4 is 18.9 Å². The van der Waals surface area contributed by atoms with Gasteiger partial charge in [0.15, 0.2) is 0 Å². The Bertz CT molecular complexity index is 1220. The number of rotatable bonds is 8. The normalized spacial score (nSPS) is 22.2. The smallest absolute Gasteiger partial charge is 0.463 e. The van der Waals surface area contributed by atoms with Crippen molar-refractivity contribution < 1.29 is 40.8 Å². The van der Waals surface area contributed by atoms with Crippen molar-refractivity contribution in [2.45, 2.75) is 56.9 Å². The highest BCUT2D eigenvalue weighted by molar-refractivity contribution is 6.52. The molecule has 0 saturated carbocycles. The Morgan fingerprint density at radius 3 is 2.44 bits per heavy atom. The third-order valence-electron chi connectivity index (χ3n) is 7.75. The van der Waals surface area contributed by atoms with E-state index in [2.05, 4.69) is 5.32 Å². The van der Waals surface area contributed by atoms with Crippen LogP contribution in [0.15, 0.2) is 22.0 Å². The van der Waals surface area contributed by atoms with Gasteiger partial charge in [0.25, 0.3) is 0 Å². The second kappa shape index (κ2) is 10.8. The third-order valence-corrected chi connectivity index (χ3v) is 7.75. The maximum absolute atomic E-state index is 15.6. The Morgan fingerprint density at radius 1 is 1.13 bits per heavy atom. The largest absolute Gasteiger partial charge is 0.484 e. The first kappa shape index (κ1) is 28.1. The number of furan rings is 1. The minimum atomic E-state index is -4.63. The van der Waals surface area contributed by atoms with Gasteiger partial charge in [-0.3, -0.25) is 14.2 Å². The van der Waals surface area contributed by atoms with Gasteiger partial charge in [0.1, 0.15) is 29.2 Å². The third kappa shape index (κ3) is 5.72. The maximum atomic E-state index is 15.6. The predicted octanol–water partition coefficient (Wildman–Crippen LogP) is 4.25. The highest BCUT2D eigenvalue weighted by Gasteiger charge is 2.46. The van der Waals surface area contributed by atoms with E-state index in [4.69, 9.17) is 4.42 Å². The monoisotopic (exact) mass is 557 g/mol. The van der Waals surface area contributed by atoms with Crippen LogP contribution in [0.2, 0.25) is 0 Å². The molecule has 0 amide bonds. The van der Waals surface area contributed by atoms with Crippen LogP contribution in [0.1, 0.15) is 54.0 Å². The first-order valence-electron chi connectivity index (χ1n) is 13.0. The van der Waals surface area contributed by atoms with Crippen LogP contribution in [0.4, 0.5) is 32.0 Å². The van der Waals surface area contributed by atoms with Crippen molar-refractivity contribution in [2.75, 3.05) is 38.2 Å². The molecule has 1 aromatic heterocycles. The molecule has 2 aliphatic heterocycles. The molecule has 0 spiro atoms. The van der Waals surface area contributed by atoms with Crippen LogP contribution >= 0.6 is 0 Å². The summed E-state index contributed by atoms with van der Waals surface area (Å²) in [6.07, 6.45) is -1.98. The molecule has 212 valence electrons. The Kier molecular flexibility index (Phi) is 7.80. The quantitative estimate of drug-likeness (QED) is 0.333. The van der Waals surface area contributed by atoms with Crippen molar-refractivity contribution in [1.29, 1.82) is 0 Å². The van der Waals surface area contributed by atoms with E-state index in [1.807, 2.05) is 4.90 Å². The van der Waals surface area contributed by atoms with Crippen molar-refractivity contribution in [1.82, 2.24) is 9.80 Å². The molecule has 5 rings (SSSR count). The standard InChI is InChI=1S/C26H30BF6N3O3/c1-14-7-19-18-8-15(27(37)38)3-4-22(18)39-25(19)24(36(14)13-26(31,32)33)23-20(29)9-16(10-21(23)30)34-17-11-35(12-17)6-2-5-28/h8-10,14,17,24,34,37-38H,2-7,11-13H2,1H3. The average molecular weight is 557 g/mol. The van der Waals surface area contributed by atoms with E-state index in [0.29, 0.717) is 48.4 Å². The van der Waals surface area contributed by atoms with Gasteiger partial charge >= 0.3 is 13.3 Å². The van der Waals surface area contributed by atoms with E-state index in [-0.39, 0.29) is 36.8 Å². The molecule has 3 heterocycles. The number of benzene rings is 1. The summed E-state index contributed by atoms with van der Waals surface area (Å²) in [7, 11) is -1.69. The molecule has 2 unspecified atom stereocenters. The number of alkyl halides is 4.